The van der Waals surface area contributed by atoms with Crippen molar-refractivity contribution < 1.29 is 0 Å². The highest BCUT2D eigenvalue weighted by molar-refractivity contribution is 6.35. The van der Waals surface area contributed by atoms with Gasteiger partial charge in [0.2, 0.25) is 0 Å². The third kappa shape index (κ3) is 3.20. The van der Waals surface area contributed by atoms with Crippen molar-refractivity contribution in [1.29, 1.82) is 0 Å². The minimum atomic E-state index is -0.499. The van der Waals surface area contributed by atoms with Crippen molar-refractivity contribution in [3.05, 3.63) is 83.6 Å². The fourth-order valence-electron chi connectivity index (χ4n) is 3.82. The predicted molar refractivity (Wildman–Crippen MR) is 115 cm³/mol. The van der Waals surface area contributed by atoms with Gasteiger partial charge in [-0.25, -0.2) is 0 Å². The smallest absolute Gasteiger partial charge is 0.253 e. The van der Waals surface area contributed by atoms with Crippen LogP contribution in [0.15, 0.2) is 46.0 Å². The molecular formula is C21H19Cl2N3O2. The minimum Gasteiger partial charge on any atom is -0.383 e. The van der Waals surface area contributed by atoms with Crippen molar-refractivity contribution in [2.75, 3.05) is 31.3 Å². The molecule has 0 saturated heterocycles. The average Bonchev–Trinajstić information content (AvgIpc) is 2.68. The van der Waals surface area contributed by atoms with Gasteiger partial charge in [-0.1, -0.05) is 35.3 Å². The van der Waals surface area contributed by atoms with Crippen LogP contribution in [0, 0.1) is 0 Å². The lowest BCUT2D eigenvalue weighted by molar-refractivity contribution is 0.295. The second-order valence-corrected chi connectivity index (χ2v) is 7.95. The molecule has 1 aliphatic rings. The van der Waals surface area contributed by atoms with E-state index >= 15 is 0 Å². The van der Waals surface area contributed by atoms with Crippen LogP contribution in [0.2, 0.25) is 10.0 Å². The lowest BCUT2D eigenvalue weighted by Gasteiger charge is -2.33. The molecule has 1 unspecified atom stereocenters. The van der Waals surface area contributed by atoms with Crippen molar-refractivity contribution in [3.8, 4) is 0 Å². The molecule has 0 aromatic heterocycles. The summed E-state index contributed by atoms with van der Waals surface area (Å²) in [6.45, 7) is 1.65. The van der Waals surface area contributed by atoms with Gasteiger partial charge in [0.15, 0.2) is 0 Å². The van der Waals surface area contributed by atoms with Gasteiger partial charge < -0.3 is 15.5 Å². The highest BCUT2D eigenvalue weighted by Crippen LogP contribution is 2.38. The van der Waals surface area contributed by atoms with E-state index in [0.29, 0.717) is 21.4 Å². The van der Waals surface area contributed by atoms with E-state index in [1.165, 1.54) is 0 Å². The summed E-state index contributed by atoms with van der Waals surface area (Å²) in [4.78, 5) is 25.5. The first-order chi connectivity index (χ1) is 13.4. The maximum atomic E-state index is 11.7. The van der Waals surface area contributed by atoms with E-state index < -0.39 is 10.9 Å². The second-order valence-electron chi connectivity index (χ2n) is 7.11. The molecule has 0 fully saturated rings. The molecule has 3 aromatic carbocycles. The standard InChI is InChI=1S/C21H19Cl2N3O2/c1-24-18-19(21(28)20(18)27)25-13-5-3-11(4-6-13)15-9-26(2)10-16-14(15)7-12(22)8-17(16)23/h3-8,15,24-25H,9-10H2,1-2H3. The molecule has 28 heavy (non-hydrogen) atoms. The van der Waals surface area contributed by atoms with Gasteiger partial charge >= 0.3 is 0 Å². The number of rotatable bonds is 4. The predicted octanol–water partition coefficient (Wildman–Crippen LogP) is 3.95. The SMILES string of the molecule is CNc1c(Nc2ccc(C3CN(C)Cc4c(Cl)cc(Cl)cc43)cc2)c(=O)c1=O. The Hall–Kier alpha value is -2.34. The van der Waals surface area contributed by atoms with E-state index in [0.717, 1.165) is 35.5 Å². The largest absolute Gasteiger partial charge is 0.383 e. The molecule has 4 rings (SSSR count). The number of anilines is 3. The number of halogens is 2. The summed E-state index contributed by atoms with van der Waals surface area (Å²) in [6, 6.07) is 11.6. The van der Waals surface area contributed by atoms with Crippen molar-refractivity contribution in [1.82, 2.24) is 4.90 Å². The highest BCUT2D eigenvalue weighted by atomic mass is 35.5. The molecule has 0 aliphatic carbocycles. The molecule has 3 aromatic rings. The zero-order chi connectivity index (χ0) is 20.0. The fourth-order valence-corrected chi connectivity index (χ4v) is 4.39. The molecule has 144 valence electrons. The Bertz CT molecular complexity index is 1120. The van der Waals surface area contributed by atoms with Crippen LogP contribution in [-0.4, -0.2) is 25.5 Å². The third-order valence-corrected chi connectivity index (χ3v) is 5.79. The molecule has 2 N–H and O–H groups in total. The van der Waals surface area contributed by atoms with E-state index in [2.05, 4.69) is 22.6 Å². The van der Waals surface area contributed by atoms with Gasteiger partial charge in [-0.2, -0.15) is 0 Å². The topological polar surface area (TPSA) is 61.4 Å². The van der Waals surface area contributed by atoms with Crippen LogP contribution in [-0.2, 0) is 6.54 Å². The lowest BCUT2D eigenvalue weighted by Crippen LogP contribution is -2.35. The maximum absolute atomic E-state index is 11.7. The summed E-state index contributed by atoms with van der Waals surface area (Å²) in [5.41, 5.74) is 3.78. The molecule has 0 radical (unpaired) electrons. The second kappa shape index (κ2) is 7.24. The molecule has 0 saturated carbocycles. The van der Waals surface area contributed by atoms with E-state index in [9.17, 15) is 9.59 Å². The minimum absolute atomic E-state index is 0.151. The number of nitrogens with one attached hydrogen (secondary N) is 2. The molecule has 5 nitrogen and oxygen atoms in total. The first-order valence-corrected chi connectivity index (χ1v) is 9.69. The normalized spacial score (nSPS) is 16.8. The van der Waals surface area contributed by atoms with Crippen LogP contribution >= 0.6 is 23.2 Å². The molecule has 7 heteroatoms. The maximum Gasteiger partial charge on any atom is 0.253 e. The van der Waals surface area contributed by atoms with Crippen molar-refractivity contribution in [2.24, 2.45) is 0 Å². The summed E-state index contributed by atoms with van der Waals surface area (Å²) >= 11 is 12.7. The fraction of sp³-hybridized carbons (Fsp3) is 0.238. The van der Waals surface area contributed by atoms with Crippen molar-refractivity contribution in [3.63, 3.8) is 0 Å². The Kier molecular flexibility index (Phi) is 4.91. The van der Waals surface area contributed by atoms with Gasteiger partial charge in [-0.05, 0) is 48.0 Å². The van der Waals surface area contributed by atoms with Crippen molar-refractivity contribution in [2.45, 2.75) is 12.5 Å². The van der Waals surface area contributed by atoms with E-state index in [1.54, 1.807) is 13.1 Å². The Balaban J connectivity index is 1.64. The summed E-state index contributed by atoms with van der Waals surface area (Å²) < 4.78 is 0. The van der Waals surface area contributed by atoms with Crippen molar-refractivity contribution >= 4 is 40.3 Å². The quantitative estimate of drug-likeness (QED) is 0.631. The van der Waals surface area contributed by atoms with Gasteiger partial charge in [0.25, 0.3) is 10.9 Å². The zero-order valence-corrected chi connectivity index (χ0v) is 17.0. The van der Waals surface area contributed by atoms with Crippen LogP contribution in [0.4, 0.5) is 17.1 Å². The first kappa shape index (κ1) is 19.0. The van der Waals surface area contributed by atoms with Crippen LogP contribution in [0.3, 0.4) is 0 Å². The average molecular weight is 416 g/mol. The lowest BCUT2D eigenvalue weighted by atomic mass is 9.84. The highest BCUT2D eigenvalue weighted by Gasteiger charge is 2.27. The number of nitrogens with zero attached hydrogens (tertiary/aromatic N) is 1. The van der Waals surface area contributed by atoms with Crippen LogP contribution in [0.25, 0.3) is 0 Å². The van der Waals surface area contributed by atoms with Crippen LogP contribution in [0.1, 0.15) is 22.6 Å². The Morgan fingerprint density at radius 1 is 1.04 bits per heavy atom. The molecule has 1 atom stereocenters. The van der Waals surface area contributed by atoms with E-state index in [-0.39, 0.29) is 5.92 Å². The molecule has 0 bridgehead atoms. The summed E-state index contributed by atoms with van der Waals surface area (Å²) in [5, 5.41) is 7.11. The Labute approximate surface area is 172 Å². The van der Waals surface area contributed by atoms with Gasteiger partial charge in [0.1, 0.15) is 11.4 Å². The van der Waals surface area contributed by atoms with E-state index in [4.69, 9.17) is 23.2 Å². The van der Waals surface area contributed by atoms with E-state index in [1.807, 2.05) is 30.3 Å². The molecule has 0 amide bonds. The number of benzene rings is 2. The Morgan fingerprint density at radius 3 is 2.39 bits per heavy atom. The van der Waals surface area contributed by atoms with Crippen LogP contribution in [0.5, 0.6) is 0 Å². The van der Waals surface area contributed by atoms with Gasteiger partial charge in [0.05, 0.1) is 0 Å². The first-order valence-electron chi connectivity index (χ1n) is 8.93. The molecule has 0 spiro atoms. The number of fused-ring (bicyclic) bond motifs is 1. The molecule has 1 aliphatic heterocycles. The third-order valence-electron chi connectivity index (χ3n) is 5.24. The molecule has 1 heterocycles. The monoisotopic (exact) mass is 415 g/mol. The van der Waals surface area contributed by atoms with Gasteiger partial charge in [0, 0.05) is 41.8 Å². The van der Waals surface area contributed by atoms with Gasteiger partial charge in [-0.3, -0.25) is 9.59 Å². The number of hydrogen-bond acceptors (Lipinski definition) is 5. The van der Waals surface area contributed by atoms with Gasteiger partial charge in [-0.15, -0.1) is 0 Å². The summed E-state index contributed by atoms with van der Waals surface area (Å²) in [7, 11) is 3.69. The zero-order valence-electron chi connectivity index (χ0n) is 15.5. The summed E-state index contributed by atoms with van der Waals surface area (Å²) in [6.07, 6.45) is 0. The van der Waals surface area contributed by atoms with Crippen LogP contribution < -0.4 is 21.5 Å². The molecular weight excluding hydrogens is 397 g/mol. The summed E-state index contributed by atoms with van der Waals surface area (Å²) in [5.74, 6) is 0.151. The number of hydrogen-bond donors (Lipinski definition) is 2. The Morgan fingerprint density at radius 2 is 1.71 bits per heavy atom. The number of likely N-dealkylation sites (N-methyl/N-ethyl adjacent to an activating group) is 1.